The molecule has 7 nitrogen and oxygen atoms in total. The van der Waals surface area contributed by atoms with E-state index in [0.29, 0.717) is 23.9 Å². The number of hydrogen-bond acceptors (Lipinski definition) is 6. The van der Waals surface area contributed by atoms with Crippen molar-refractivity contribution in [3.05, 3.63) is 70.0 Å². The molecule has 0 amide bonds. The van der Waals surface area contributed by atoms with Crippen LogP contribution in [0.25, 0.3) is 0 Å². The summed E-state index contributed by atoms with van der Waals surface area (Å²) < 4.78 is 14.0. The fraction of sp³-hybridized carbons (Fsp3) is 0.440. The number of aliphatic hydroxyl groups is 2. The van der Waals surface area contributed by atoms with Gasteiger partial charge in [-0.3, -0.25) is 0 Å². The van der Waals surface area contributed by atoms with Gasteiger partial charge in [0.05, 0.1) is 36.1 Å². The molecule has 184 valence electrons. The Labute approximate surface area is 213 Å². The summed E-state index contributed by atoms with van der Waals surface area (Å²) in [5, 5.41) is 27.1. The van der Waals surface area contributed by atoms with Crippen LogP contribution in [0.5, 0.6) is 11.5 Å². The van der Waals surface area contributed by atoms with Crippen molar-refractivity contribution < 1.29 is 19.7 Å². The highest BCUT2D eigenvalue weighted by molar-refractivity contribution is 9.10. The highest BCUT2D eigenvalue weighted by Gasteiger charge is 2.24. The number of nitrogens with zero attached hydrogens (tertiary/aromatic N) is 3. The molecule has 2 aromatic carbocycles. The third kappa shape index (κ3) is 6.72. The van der Waals surface area contributed by atoms with Gasteiger partial charge < -0.3 is 19.7 Å². The van der Waals surface area contributed by atoms with Crippen molar-refractivity contribution in [2.24, 2.45) is 5.92 Å². The Hall–Kier alpha value is -2.13. The Bertz CT molecular complexity index is 1060. The van der Waals surface area contributed by atoms with Crippen molar-refractivity contribution in [3.8, 4) is 11.5 Å². The molecule has 34 heavy (non-hydrogen) atoms. The largest absolute Gasteiger partial charge is 0.492 e. The third-order valence-electron chi connectivity index (χ3n) is 5.70. The molecular weight excluding hydrogens is 522 g/mol. The van der Waals surface area contributed by atoms with E-state index in [-0.39, 0.29) is 31.1 Å². The topological polar surface area (TPSA) is 89.6 Å². The van der Waals surface area contributed by atoms with Gasteiger partial charge in [0.15, 0.2) is 0 Å². The van der Waals surface area contributed by atoms with Crippen molar-refractivity contribution in [1.29, 1.82) is 0 Å². The molecule has 0 radical (unpaired) electrons. The molecule has 0 aliphatic heterocycles. The highest BCUT2D eigenvalue weighted by atomic mass is 79.9. The van der Waals surface area contributed by atoms with Gasteiger partial charge in [-0.15, -0.1) is 16.7 Å². The minimum absolute atomic E-state index is 0.101. The zero-order chi connectivity index (χ0) is 24.7. The first-order valence-corrected chi connectivity index (χ1v) is 12.5. The van der Waals surface area contributed by atoms with Gasteiger partial charge in [0.1, 0.15) is 24.2 Å². The molecule has 0 aliphatic rings. The summed E-state index contributed by atoms with van der Waals surface area (Å²) in [4.78, 5) is 0. The molecule has 2 unspecified atom stereocenters. The van der Waals surface area contributed by atoms with Crippen LogP contribution in [0.15, 0.2) is 53.1 Å². The Morgan fingerprint density at radius 2 is 1.79 bits per heavy atom. The number of aliphatic hydroxyl groups excluding tert-OH is 2. The number of ether oxygens (including phenoxy) is 2. The lowest BCUT2D eigenvalue weighted by atomic mass is 9.78. The van der Waals surface area contributed by atoms with E-state index in [1.165, 1.54) is 10.9 Å². The molecule has 3 aromatic rings. The molecule has 0 saturated carbocycles. The van der Waals surface area contributed by atoms with Crippen molar-refractivity contribution in [2.75, 3.05) is 19.1 Å². The number of alkyl halides is 1. The summed E-state index contributed by atoms with van der Waals surface area (Å²) in [7, 11) is 0. The van der Waals surface area contributed by atoms with Crippen LogP contribution in [0.2, 0.25) is 0 Å². The zero-order valence-corrected chi connectivity index (χ0v) is 22.0. The van der Waals surface area contributed by atoms with E-state index in [2.05, 4.69) is 59.1 Å². The quantitative estimate of drug-likeness (QED) is 0.321. The summed E-state index contributed by atoms with van der Waals surface area (Å²) in [6.45, 7) is 7.07. The molecule has 2 N–H and O–H groups in total. The highest BCUT2D eigenvalue weighted by Crippen LogP contribution is 2.36. The van der Waals surface area contributed by atoms with Crippen molar-refractivity contribution in [3.63, 3.8) is 0 Å². The second kappa shape index (κ2) is 12.0. The molecule has 0 bridgehead atoms. The molecule has 0 fully saturated rings. The molecule has 0 saturated heterocycles. The summed E-state index contributed by atoms with van der Waals surface area (Å²) >= 11 is 9.50. The third-order valence-corrected chi connectivity index (χ3v) is 6.85. The number of benzene rings is 2. The molecule has 9 heteroatoms. The maximum atomic E-state index is 10.2. The summed E-state index contributed by atoms with van der Waals surface area (Å²) in [5.41, 5.74) is 2.58. The van der Waals surface area contributed by atoms with Crippen LogP contribution in [0.4, 0.5) is 0 Å². The average Bonchev–Trinajstić information content (AvgIpc) is 3.28. The smallest absolute Gasteiger partial charge is 0.133 e. The van der Waals surface area contributed by atoms with Gasteiger partial charge in [0.25, 0.3) is 0 Å². The standard InChI is InChI=1S/C25H31BrClN3O4/c1-17(11-27)15-34-24-9-6-19(10-23(24)26)25(2,3)18-4-7-22(8-5-18)33-16-21(32)13-30-20(14-31)12-28-29-30/h4-10,12,17,21,31-32H,11,13-16H2,1-3H3. The number of rotatable bonds is 12. The van der Waals surface area contributed by atoms with Crippen LogP contribution < -0.4 is 9.47 Å². The normalized spacial score (nSPS) is 13.5. The van der Waals surface area contributed by atoms with Gasteiger partial charge in [0.2, 0.25) is 0 Å². The number of hydrogen-bond donors (Lipinski definition) is 2. The van der Waals surface area contributed by atoms with E-state index in [1.54, 1.807) is 0 Å². The minimum atomic E-state index is -0.784. The Morgan fingerprint density at radius 1 is 1.09 bits per heavy atom. The molecule has 0 aliphatic carbocycles. The van der Waals surface area contributed by atoms with Gasteiger partial charge in [0, 0.05) is 17.2 Å². The number of aromatic nitrogens is 3. The first-order valence-electron chi connectivity index (χ1n) is 11.1. The van der Waals surface area contributed by atoms with Gasteiger partial charge in [-0.2, -0.15) is 0 Å². The predicted molar refractivity (Wildman–Crippen MR) is 136 cm³/mol. The Balaban J connectivity index is 1.61. The van der Waals surface area contributed by atoms with Crippen LogP contribution in [-0.2, 0) is 18.6 Å². The molecule has 1 heterocycles. The molecule has 3 rings (SSSR count). The first kappa shape index (κ1) is 26.5. The summed E-state index contributed by atoms with van der Waals surface area (Å²) in [6.07, 6.45) is 0.684. The van der Waals surface area contributed by atoms with Crippen molar-refractivity contribution >= 4 is 27.5 Å². The predicted octanol–water partition coefficient (Wildman–Crippen LogP) is 4.55. The zero-order valence-electron chi connectivity index (χ0n) is 19.6. The monoisotopic (exact) mass is 551 g/mol. The molecular formula is C25H31BrClN3O4. The average molecular weight is 553 g/mol. The van der Waals surface area contributed by atoms with E-state index in [0.717, 1.165) is 21.3 Å². The lowest BCUT2D eigenvalue weighted by Crippen LogP contribution is -2.25. The van der Waals surface area contributed by atoms with E-state index in [4.69, 9.17) is 21.1 Å². The lowest BCUT2D eigenvalue weighted by Gasteiger charge is -2.27. The fourth-order valence-electron chi connectivity index (χ4n) is 3.42. The van der Waals surface area contributed by atoms with E-state index >= 15 is 0 Å². The maximum Gasteiger partial charge on any atom is 0.133 e. The van der Waals surface area contributed by atoms with E-state index < -0.39 is 6.10 Å². The fourth-order valence-corrected chi connectivity index (χ4v) is 4.00. The Morgan fingerprint density at radius 3 is 2.44 bits per heavy atom. The van der Waals surface area contributed by atoms with Crippen LogP contribution in [0, 0.1) is 5.92 Å². The SMILES string of the molecule is CC(CCl)COc1ccc(C(C)(C)c2ccc(OCC(O)Cn3nncc3CO)cc2)cc1Br. The molecule has 0 spiro atoms. The lowest BCUT2D eigenvalue weighted by molar-refractivity contribution is 0.0866. The van der Waals surface area contributed by atoms with Crippen LogP contribution >= 0.6 is 27.5 Å². The molecule has 2 atom stereocenters. The van der Waals surface area contributed by atoms with Crippen LogP contribution in [-0.4, -0.2) is 50.4 Å². The van der Waals surface area contributed by atoms with Gasteiger partial charge in [-0.25, -0.2) is 4.68 Å². The van der Waals surface area contributed by atoms with Crippen molar-refractivity contribution in [2.45, 2.75) is 45.4 Å². The van der Waals surface area contributed by atoms with Gasteiger partial charge in [-0.05, 0) is 51.3 Å². The van der Waals surface area contributed by atoms with Gasteiger partial charge >= 0.3 is 0 Å². The minimum Gasteiger partial charge on any atom is -0.492 e. The van der Waals surface area contributed by atoms with E-state index in [9.17, 15) is 10.2 Å². The maximum absolute atomic E-state index is 10.2. The summed E-state index contributed by atoms with van der Waals surface area (Å²) in [6, 6.07) is 14.0. The summed E-state index contributed by atoms with van der Waals surface area (Å²) in [5.74, 6) is 2.31. The molecule has 1 aromatic heterocycles. The second-order valence-electron chi connectivity index (χ2n) is 8.90. The Kier molecular flexibility index (Phi) is 9.36. The second-order valence-corrected chi connectivity index (χ2v) is 10.1. The van der Waals surface area contributed by atoms with Crippen LogP contribution in [0.3, 0.4) is 0 Å². The first-order chi connectivity index (χ1) is 16.2. The number of halogens is 2. The van der Waals surface area contributed by atoms with Crippen LogP contribution in [0.1, 0.15) is 37.6 Å². The van der Waals surface area contributed by atoms with Crippen molar-refractivity contribution in [1.82, 2.24) is 15.0 Å². The van der Waals surface area contributed by atoms with E-state index in [1.807, 2.05) is 30.3 Å². The van der Waals surface area contributed by atoms with Gasteiger partial charge in [-0.1, -0.05) is 44.2 Å².